The van der Waals surface area contributed by atoms with E-state index in [1.807, 2.05) is 0 Å². The molecule has 0 amide bonds. The Hall–Kier alpha value is -2.29. The van der Waals surface area contributed by atoms with E-state index >= 15 is 0 Å². The van der Waals surface area contributed by atoms with Gasteiger partial charge in [-0.15, -0.1) is 0 Å². The van der Waals surface area contributed by atoms with Gasteiger partial charge in [-0.1, -0.05) is 149 Å². The maximum Gasteiger partial charge on any atom is 0.508 e. The third-order valence-electron chi connectivity index (χ3n) is 8.52. The number of carbonyl (C=O) groups is 1. The van der Waals surface area contributed by atoms with E-state index in [-0.39, 0.29) is 32.5 Å². The lowest BCUT2D eigenvalue weighted by molar-refractivity contribution is 0.0568. The van der Waals surface area contributed by atoms with Crippen molar-refractivity contribution < 1.29 is 14.3 Å². The fourth-order valence-corrected chi connectivity index (χ4v) is 6.11. The van der Waals surface area contributed by atoms with Crippen LogP contribution in [0.1, 0.15) is 169 Å². The standard InChI is InChI=1S/C41H66O3/c1-36(2,3)29-25-33(40(13,14)15)31(38(7,8)9)23-27(29)19-21-43-35(42)44-22-20-28-24-32(39(10,11)12)34(41(16,17)18)26-30(28)37(4,5)6/h23-26H,19-22H2,1-18H3. The SMILES string of the molecule is CC(C)(C)c1cc(C(C)(C)C)c(C(C)(C)C)cc1CCOC(=O)OCCc1cc(C(C)(C)C)c(C(C)(C)C)cc1C(C)(C)C. The minimum atomic E-state index is -0.593. The Morgan fingerprint density at radius 1 is 0.409 bits per heavy atom. The normalized spacial score (nSPS) is 13.7. The second kappa shape index (κ2) is 12.8. The summed E-state index contributed by atoms with van der Waals surface area (Å²) in [6.07, 6.45) is 0.725. The van der Waals surface area contributed by atoms with Gasteiger partial charge in [-0.05, 0) is 77.0 Å². The zero-order chi connectivity index (χ0) is 34.3. The second-order valence-electron chi connectivity index (χ2n) is 19.1. The topological polar surface area (TPSA) is 35.5 Å². The van der Waals surface area contributed by atoms with Gasteiger partial charge in [-0.25, -0.2) is 4.79 Å². The van der Waals surface area contributed by atoms with Gasteiger partial charge in [0.15, 0.2) is 0 Å². The van der Waals surface area contributed by atoms with Crippen molar-refractivity contribution in [2.75, 3.05) is 13.2 Å². The van der Waals surface area contributed by atoms with Gasteiger partial charge in [0.05, 0.1) is 13.2 Å². The Kier molecular flexibility index (Phi) is 11.1. The molecule has 0 fully saturated rings. The predicted octanol–water partition coefficient (Wildman–Crippen LogP) is 11.4. The van der Waals surface area contributed by atoms with E-state index < -0.39 is 6.16 Å². The quantitative estimate of drug-likeness (QED) is 0.307. The Morgan fingerprint density at radius 3 is 0.864 bits per heavy atom. The first kappa shape index (κ1) is 37.9. The van der Waals surface area contributed by atoms with E-state index in [0.717, 1.165) is 0 Å². The van der Waals surface area contributed by atoms with Gasteiger partial charge in [-0.2, -0.15) is 0 Å². The number of ether oxygens (including phenoxy) is 2. The molecule has 2 aromatic rings. The summed E-state index contributed by atoms with van der Waals surface area (Å²) in [6, 6.07) is 9.52. The van der Waals surface area contributed by atoms with Crippen molar-refractivity contribution >= 4 is 6.16 Å². The number of benzene rings is 2. The molecule has 3 heteroatoms. The summed E-state index contributed by atoms with van der Waals surface area (Å²) in [5, 5.41) is 0. The largest absolute Gasteiger partial charge is 0.508 e. The van der Waals surface area contributed by atoms with E-state index in [4.69, 9.17) is 9.47 Å². The number of carbonyl (C=O) groups excluding carboxylic acids is 1. The summed E-state index contributed by atoms with van der Waals surface area (Å²) < 4.78 is 11.3. The van der Waals surface area contributed by atoms with Crippen LogP contribution in [0.25, 0.3) is 0 Å². The molecule has 0 heterocycles. The number of hydrogen-bond donors (Lipinski definition) is 0. The summed E-state index contributed by atoms with van der Waals surface area (Å²) >= 11 is 0. The molecule has 0 saturated carbocycles. The fraction of sp³-hybridized carbons (Fsp3) is 0.683. The van der Waals surface area contributed by atoms with E-state index in [9.17, 15) is 4.79 Å². The molecule has 44 heavy (non-hydrogen) atoms. The number of hydrogen-bond acceptors (Lipinski definition) is 3. The Bertz CT molecular complexity index is 1200. The van der Waals surface area contributed by atoms with Crippen LogP contribution in [0.15, 0.2) is 24.3 Å². The second-order valence-corrected chi connectivity index (χ2v) is 19.1. The van der Waals surface area contributed by atoms with Gasteiger partial charge in [0.2, 0.25) is 0 Å². The highest BCUT2D eigenvalue weighted by molar-refractivity contribution is 5.60. The molecule has 3 nitrogen and oxygen atoms in total. The van der Waals surface area contributed by atoms with Crippen LogP contribution in [0, 0.1) is 0 Å². The van der Waals surface area contributed by atoms with Crippen molar-refractivity contribution in [1.82, 2.24) is 0 Å². The third-order valence-corrected chi connectivity index (χ3v) is 8.52. The highest BCUT2D eigenvalue weighted by Crippen LogP contribution is 2.40. The fourth-order valence-electron chi connectivity index (χ4n) is 6.11. The zero-order valence-electron chi connectivity index (χ0n) is 31.9. The molecule has 248 valence electrons. The van der Waals surface area contributed by atoms with Gasteiger partial charge in [0.1, 0.15) is 0 Å². The predicted molar refractivity (Wildman–Crippen MR) is 190 cm³/mol. The third kappa shape index (κ3) is 9.85. The first-order chi connectivity index (χ1) is 19.5. The van der Waals surface area contributed by atoms with E-state index in [2.05, 4.69) is 149 Å². The summed E-state index contributed by atoms with van der Waals surface area (Å²) in [5.74, 6) is 0. The van der Waals surface area contributed by atoms with Crippen molar-refractivity contribution in [2.45, 2.75) is 170 Å². The molecule has 0 bridgehead atoms. The molecule has 0 saturated heterocycles. The molecule has 0 unspecified atom stereocenters. The van der Waals surface area contributed by atoms with Crippen LogP contribution in [0.5, 0.6) is 0 Å². The average molecular weight is 607 g/mol. The molecule has 2 aromatic carbocycles. The van der Waals surface area contributed by atoms with E-state index in [1.54, 1.807) is 0 Å². The first-order valence-corrected chi connectivity index (χ1v) is 16.7. The van der Waals surface area contributed by atoms with Gasteiger partial charge >= 0.3 is 6.16 Å². The van der Waals surface area contributed by atoms with Crippen molar-refractivity contribution in [2.24, 2.45) is 0 Å². The van der Waals surface area contributed by atoms with Crippen LogP contribution in [0.4, 0.5) is 4.79 Å². The monoisotopic (exact) mass is 607 g/mol. The van der Waals surface area contributed by atoms with Crippen molar-refractivity contribution in [1.29, 1.82) is 0 Å². The van der Waals surface area contributed by atoms with E-state index in [1.165, 1.54) is 44.5 Å². The summed E-state index contributed by atoms with van der Waals surface area (Å²) in [6.45, 7) is 41.5. The molecule has 0 aliphatic carbocycles. The zero-order valence-corrected chi connectivity index (χ0v) is 31.9. The van der Waals surface area contributed by atoms with Crippen molar-refractivity contribution in [3.8, 4) is 0 Å². The first-order valence-electron chi connectivity index (χ1n) is 16.7. The highest BCUT2D eigenvalue weighted by Gasteiger charge is 2.31. The van der Waals surface area contributed by atoms with Crippen LogP contribution < -0.4 is 0 Å². The molecule has 2 rings (SSSR count). The van der Waals surface area contributed by atoms with Crippen LogP contribution in [-0.2, 0) is 54.8 Å². The molecule has 0 N–H and O–H groups in total. The van der Waals surface area contributed by atoms with Crippen molar-refractivity contribution in [3.63, 3.8) is 0 Å². The van der Waals surface area contributed by atoms with Gasteiger partial charge in [0.25, 0.3) is 0 Å². The molecule has 0 atom stereocenters. The van der Waals surface area contributed by atoms with Crippen molar-refractivity contribution in [3.05, 3.63) is 68.8 Å². The molecular formula is C41H66O3. The minimum Gasteiger partial charge on any atom is -0.434 e. The lowest BCUT2D eigenvalue weighted by Gasteiger charge is -2.34. The van der Waals surface area contributed by atoms with Crippen LogP contribution in [0.2, 0.25) is 0 Å². The average Bonchev–Trinajstić information content (AvgIpc) is 2.79. The van der Waals surface area contributed by atoms with E-state index in [0.29, 0.717) is 26.1 Å². The minimum absolute atomic E-state index is 0.0113. The smallest absolute Gasteiger partial charge is 0.434 e. The van der Waals surface area contributed by atoms with Gasteiger partial charge < -0.3 is 9.47 Å². The van der Waals surface area contributed by atoms with Crippen LogP contribution >= 0.6 is 0 Å². The Labute approximate surface area is 271 Å². The van der Waals surface area contributed by atoms with Gasteiger partial charge in [0, 0.05) is 12.8 Å². The van der Waals surface area contributed by atoms with Gasteiger partial charge in [-0.3, -0.25) is 0 Å². The lowest BCUT2D eigenvalue weighted by Crippen LogP contribution is -2.26. The molecule has 0 aliphatic rings. The maximum absolute atomic E-state index is 12.8. The summed E-state index contributed by atoms with van der Waals surface area (Å²) in [7, 11) is 0. The lowest BCUT2D eigenvalue weighted by atomic mass is 9.71. The molecule has 0 aliphatic heterocycles. The van der Waals surface area contributed by atoms with Crippen LogP contribution in [-0.4, -0.2) is 19.4 Å². The molecular weight excluding hydrogens is 540 g/mol. The summed E-state index contributed by atoms with van der Waals surface area (Å²) in [4.78, 5) is 12.8. The number of rotatable bonds is 6. The maximum atomic E-state index is 12.8. The van der Waals surface area contributed by atoms with Crippen LogP contribution in [0.3, 0.4) is 0 Å². The Balaban J connectivity index is 2.24. The molecule has 0 radical (unpaired) electrons. The summed E-state index contributed by atoms with van der Waals surface area (Å²) in [5.41, 5.74) is 10.7. The molecule has 0 spiro atoms. The molecule has 0 aromatic heterocycles. The highest BCUT2D eigenvalue weighted by atomic mass is 16.7. The Morgan fingerprint density at radius 2 is 0.636 bits per heavy atom.